The van der Waals surface area contributed by atoms with Gasteiger partial charge in [-0.2, -0.15) is 0 Å². The van der Waals surface area contributed by atoms with Crippen molar-refractivity contribution >= 4 is 17.9 Å². The number of piperazine rings is 1. The molecule has 0 radical (unpaired) electrons. The molecule has 1 saturated heterocycles. The molecule has 1 aliphatic rings. The van der Waals surface area contributed by atoms with Crippen molar-refractivity contribution in [3.63, 3.8) is 0 Å². The summed E-state index contributed by atoms with van der Waals surface area (Å²) < 4.78 is 16.0. The molecule has 1 unspecified atom stereocenters. The van der Waals surface area contributed by atoms with Crippen LogP contribution in [0.25, 0.3) is 6.08 Å². The third-order valence-electron chi connectivity index (χ3n) is 5.09. The summed E-state index contributed by atoms with van der Waals surface area (Å²) in [4.78, 5) is 28.7. The standard InChI is InChI=1S/C22H33N3O5/c1-15(2)23-22(27)16(3)24-9-11-25(12-10-24)20(26)8-7-17-13-18(28-4)21(30-6)19(14-17)29-5/h7-8,13-16H,9-12H2,1-6H3,(H,23,27). The lowest BCUT2D eigenvalue weighted by atomic mass is 10.1. The van der Waals surface area contributed by atoms with Gasteiger partial charge in [-0.15, -0.1) is 0 Å². The van der Waals surface area contributed by atoms with E-state index in [1.165, 1.54) is 0 Å². The Morgan fingerprint density at radius 1 is 0.967 bits per heavy atom. The lowest BCUT2D eigenvalue weighted by Crippen LogP contribution is -2.55. The lowest BCUT2D eigenvalue weighted by Gasteiger charge is -2.37. The highest BCUT2D eigenvalue weighted by molar-refractivity contribution is 5.92. The average Bonchev–Trinajstić information content (AvgIpc) is 2.75. The number of rotatable bonds is 8. The van der Waals surface area contributed by atoms with Gasteiger partial charge in [-0.05, 0) is 44.5 Å². The highest BCUT2D eigenvalue weighted by atomic mass is 16.5. The van der Waals surface area contributed by atoms with Crippen LogP contribution in [0.2, 0.25) is 0 Å². The quantitative estimate of drug-likeness (QED) is 0.647. The molecular formula is C22H33N3O5. The van der Waals surface area contributed by atoms with E-state index in [2.05, 4.69) is 10.2 Å². The Hall–Kier alpha value is -2.74. The molecule has 1 aromatic carbocycles. The van der Waals surface area contributed by atoms with Crippen molar-refractivity contribution in [3.05, 3.63) is 23.8 Å². The van der Waals surface area contributed by atoms with Crippen LogP contribution in [-0.2, 0) is 9.59 Å². The predicted molar refractivity (Wildman–Crippen MR) is 116 cm³/mol. The van der Waals surface area contributed by atoms with Gasteiger partial charge in [-0.3, -0.25) is 14.5 Å². The zero-order valence-corrected chi connectivity index (χ0v) is 18.7. The van der Waals surface area contributed by atoms with E-state index in [0.717, 1.165) is 5.56 Å². The van der Waals surface area contributed by atoms with Crippen molar-refractivity contribution in [2.75, 3.05) is 47.5 Å². The van der Waals surface area contributed by atoms with Gasteiger partial charge >= 0.3 is 0 Å². The molecule has 1 heterocycles. The first kappa shape index (κ1) is 23.5. The van der Waals surface area contributed by atoms with Crippen molar-refractivity contribution < 1.29 is 23.8 Å². The van der Waals surface area contributed by atoms with E-state index in [4.69, 9.17) is 14.2 Å². The van der Waals surface area contributed by atoms with Gasteiger partial charge < -0.3 is 24.4 Å². The van der Waals surface area contributed by atoms with Gasteiger partial charge in [-0.25, -0.2) is 0 Å². The summed E-state index contributed by atoms with van der Waals surface area (Å²) in [5.41, 5.74) is 0.774. The largest absolute Gasteiger partial charge is 0.493 e. The van der Waals surface area contributed by atoms with Crippen molar-refractivity contribution in [1.82, 2.24) is 15.1 Å². The number of carbonyl (C=O) groups excluding carboxylic acids is 2. The van der Waals surface area contributed by atoms with Crippen LogP contribution in [0, 0.1) is 0 Å². The third kappa shape index (κ3) is 5.89. The minimum Gasteiger partial charge on any atom is -0.493 e. The number of hydrogen-bond acceptors (Lipinski definition) is 6. The molecule has 0 aliphatic carbocycles. The smallest absolute Gasteiger partial charge is 0.246 e. The molecule has 0 bridgehead atoms. The van der Waals surface area contributed by atoms with Crippen LogP contribution in [-0.4, -0.2) is 81.2 Å². The van der Waals surface area contributed by atoms with Gasteiger partial charge in [0.1, 0.15) is 0 Å². The first-order valence-corrected chi connectivity index (χ1v) is 10.1. The van der Waals surface area contributed by atoms with Crippen molar-refractivity contribution in [2.24, 2.45) is 0 Å². The van der Waals surface area contributed by atoms with E-state index < -0.39 is 0 Å². The molecule has 1 atom stereocenters. The van der Waals surface area contributed by atoms with E-state index in [0.29, 0.717) is 43.4 Å². The van der Waals surface area contributed by atoms with E-state index in [-0.39, 0.29) is 23.9 Å². The van der Waals surface area contributed by atoms with Crippen molar-refractivity contribution in [1.29, 1.82) is 0 Å². The molecule has 30 heavy (non-hydrogen) atoms. The number of benzene rings is 1. The normalized spacial score (nSPS) is 15.9. The Labute approximate surface area is 178 Å². The molecule has 8 nitrogen and oxygen atoms in total. The maximum atomic E-state index is 12.6. The zero-order chi connectivity index (χ0) is 22.3. The number of hydrogen-bond donors (Lipinski definition) is 1. The first-order valence-electron chi connectivity index (χ1n) is 10.1. The molecule has 166 valence electrons. The fraction of sp³-hybridized carbons (Fsp3) is 0.545. The Kier molecular flexibility index (Phi) is 8.53. The Bertz CT molecular complexity index is 745. The summed E-state index contributed by atoms with van der Waals surface area (Å²) in [6.07, 6.45) is 3.28. The first-order chi connectivity index (χ1) is 14.3. The molecule has 0 saturated carbocycles. The van der Waals surface area contributed by atoms with Gasteiger partial charge in [0.25, 0.3) is 0 Å². The Morgan fingerprint density at radius 2 is 1.53 bits per heavy atom. The van der Waals surface area contributed by atoms with Crippen LogP contribution in [0.5, 0.6) is 17.2 Å². The molecule has 1 fully saturated rings. The molecule has 1 N–H and O–H groups in total. The maximum absolute atomic E-state index is 12.6. The number of nitrogens with zero attached hydrogens (tertiary/aromatic N) is 2. The van der Waals surface area contributed by atoms with Crippen LogP contribution >= 0.6 is 0 Å². The van der Waals surface area contributed by atoms with Crippen molar-refractivity contribution in [3.8, 4) is 17.2 Å². The summed E-state index contributed by atoms with van der Waals surface area (Å²) in [6.45, 7) is 8.28. The SMILES string of the molecule is COc1cc(C=CC(=O)N2CCN(C(C)C(=O)NC(C)C)CC2)cc(OC)c1OC. The van der Waals surface area contributed by atoms with Crippen LogP contribution < -0.4 is 19.5 Å². The Morgan fingerprint density at radius 3 is 2.00 bits per heavy atom. The summed E-state index contributed by atoms with van der Waals surface area (Å²) in [5.74, 6) is 1.53. The fourth-order valence-corrected chi connectivity index (χ4v) is 3.37. The number of carbonyl (C=O) groups is 2. The number of nitrogens with one attached hydrogen (secondary N) is 1. The second-order valence-electron chi connectivity index (χ2n) is 7.49. The molecular weight excluding hydrogens is 386 g/mol. The van der Waals surface area contributed by atoms with E-state index in [1.54, 1.807) is 50.5 Å². The van der Waals surface area contributed by atoms with E-state index in [1.807, 2.05) is 20.8 Å². The molecule has 1 aromatic rings. The fourth-order valence-electron chi connectivity index (χ4n) is 3.37. The maximum Gasteiger partial charge on any atom is 0.246 e. The number of methoxy groups -OCH3 is 3. The topological polar surface area (TPSA) is 80.3 Å². The summed E-state index contributed by atoms with van der Waals surface area (Å²) in [7, 11) is 4.65. The lowest BCUT2D eigenvalue weighted by molar-refractivity contribution is -0.130. The van der Waals surface area contributed by atoms with E-state index >= 15 is 0 Å². The number of ether oxygens (including phenoxy) is 3. The van der Waals surface area contributed by atoms with Gasteiger partial charge in [0.15, 0.2) is 11.5 Å². The molecule has 2 amide bonds. The monoisotopic (exact) mass is 419 g/mol. The molecule has 0 aromatic heterocycles. The minimum absolute atomic E-state index is 0.0204. The van der Waals surface area contributed by atoms with Gasteiger partial charge in [0.05, 0.1) is 27.4 Å². The molecule has 8 heteroatoms. The van der Waals surface area contributed by atoms with Gasteiger partial charge in [0, 0.05) is 38.3 Å². The molecule has 1 aliphatic heterocycles. The van der Waals surface area contributed by atoms with Gasteiger partial charge in [-0.1, -0.05) is 0 Å². The third-order valence-corrected chi connectivity index (χ3v) is 5.09. The Balaban J connectivity index is 1.98. The zero-order valence-electron chi connectivity index (χ0n) is 18.7. The summed E-state index contributed by atoms with van der Waals surface area (Å²) in [5, 5.41) is 2.94. The second-order valence-corrected chi connectivity index (χ2v) is 7.49. The van der Waals surface area contributed by atoms with Gasteiger partial charge in [0.2, 0.25) is 17.6 Å². The minimum atomic E-state index is -0.209. The predicted octanol–water partition coefficient (Wildman–Crippen LogP) is 1.78. The molecule has 2 rings (SSSR count). The highest BCUT2D eigenvalue weighted by Gasteiger charge is 2.27. The summed E-state index contributed by atoms with van der Waals surface area (Å²) in [6, 6.07) is 3.48. The van der Waals surface area contributed by atoms with E-state index in [9.17, 15) is 9.59 Å². The number of amides is 2. The van der Waals surface area contributed by atoms with Crippen LogP contribution in [0.1, 0.15) is 26.3 Å². The molecule has 0 spiro atoms. The average molecular weight is 420 g/mol. The highest BCUT2D eigenvalue weighted by Crippen LogP contribution is 2.38. The van der Waals surface area contributed by atoms with Crippen LogP contribution in [0.15, 0.2) is 18.2 Å². The van der Waals surface area contributed by atoms with Crippen LogP contribution in [0.3, 0.4) is 0 Å². The summed E-state index contributed by atoms with van der Waals surface area (Å²) >= 11 is 0. The second kappa shape index (κ2) is 10.9. The van der Waals surface area contributed by atoms with Crippen LogP contribution in [0.4, 0.5) is 0 Å². The van der Waals surface area contributed by atoms with Crippen molar-refractivity contribution in [2.45, 2.75) is 32.9 Å².